The van der Waals surface area contributed by atoms with Gasteiger partial charge in [0.25, 0.3) is 0 Å². The second-order valence-electron chi connectivity index (χ2n) is 8.63. The SMILES string of the molecule is O=C([C@H]1CC[C@H](Nc2ncc3ncnc(Nc4ccc(Cl)c(Cl)c4)c3n2)CC1)N1CCCC1. The average molecular weight is 486 g/mol. The summed E-state index contributed by atoms with van der Waals surface area (Å²) >= 11 is 12.2. The molecule has 0 atom stereocenters. The number of anilines is 3. The summed E-state index contributed by atoms with van der Waals surface area (Å²) in [6, 6.07) is 5.52. The summed E-state index contributed by atoms with van der Waals surface area (Å²) in [6.45, 7) is 1.84. The van der Waals surface area contributed by atoms with Crippen molar-refractivity contribution in [1.29, 1.82) is 0 Å². The van der Waals surface area contributed by atoms with Crippen LogP contribution in [0.1, 0.15) is 38.5 Å². The number of nitrogens with zero attached hydrogens (tertiary/aromatic N) is 5. The van der Waals surface area contributed by atoms with E-state index in [2.05, 4.69) is 30.6 Å². The molecule has 1 aliphatic carbocycles. The van der Waals surface area contributed by atoms with Gasteiger partial charge in [0.2, 0.25) is 11.9 Å². The van der Waals surface area contributed by atoms with Gasteiger partial charge in [0, 0.05) is 30.7 Å². The van der Waals surface area contributed by atoms with Gasteiger partial charge in [0.05, 0.1) is 16.2 Å². The summed E-state index contributed by atoms with van der Waals surface area (Å²) in [6.07, 6.45) is 9.06. The fourth-order valence-corrected chi connectivity index (χ4v) is 4.89. The number of benzene rings is 1. The molecule has 1 saturated heterocycles. The van der Waals surface area contributed by atoms with E-state index < -0.39 is 0 Å². The Morgan fingerprint density at radius 2 is 1.79 bits per heavy atom. The highest BCUT2D eigenvalue weighted by atomic mass is 35.5. The molecule has 10 heteroatoms. The fraction of sp³-hybridized carbons (Fsp3) is 0.435. The molecule has 0 bridgehead atoms. The zero-order chi connectivity index (χ0) is 22.8. The standard InChI is InChI=1S/C23H25Cl2N7O/c24-17-8-7-16(11-18(17)25)29-21-20-19(27-13-28-21)12-26-23(31-20)30-15-5-3-14(4-6-15)22(33)32-9-1-2-10-32/h7-8,11-15H,1-6,9-10H2,(H,26,30,31)(H,27,28,29)/t14-,15-. The molecule has 2 aromatic heterocycles. The third kappa shape index (κ3) is 4.96. The normalized spacial score (nSPS) is 20.7. The minimum Gasteiger partial charge on any atom is -0.351 e. The number of hydrogen-bond acceptors (Lipinski definition) is 7. The van der Waals surface area contributed by atoms with Crippen molar-refractivity contribution < 1.29 is 4.79 Å². The van der Waals surface area contributed by atoms with Gasteiger partial charge < -0.3 is 15.5 Å². The smallest absolute Gasteiger partial charge is 0.225 e. The topological polar surface area (TPSA) is 95.9 Å². The van der Waals surface area contributed by atoms with Crippen LogP contribution in [0.3, 0.4) is 0 Å². The maximum atomic E-state index is 12.7. The van der Waals surface area contributed by atoms with Crippen LogP contribution in [-0.4, -0.2) is 49.9 Å². The van der Waals surface area contributed by atoms with E-state index in [1.165, 1.54) is 6.33 Å². The number of rotatable bonds is 5. The average Bonchev–Trinajstić information content (AvgIpc) is 3.37. The largest absolute Gasteiger partial charge is 0.351 e. The lowest BCUT2D eigenvalue weighted by molar-refractivity contribution is -0.135. The maximum Gasteiger partial charge on any atom is 0.225 e. The maximum absolute atomic E-state index is 12.7. The molecule has 0 unspecified atom stereocenters. The second kappa shape index (κ2) is 9.65. The van der Waals surface area contributed by atoms with Gasteiger partial charge in [-0.05, 0) is 56.7 Å². The summed E-state index contributed by atoms with van der Waals surface area (Å²) in [5.41, 5.74) is 2.00. The minimum atomic E-state index is 0.147. The molecule has 8 nitrogen and oxygen atoms in total. The quantitative estimate of drug-likeness (QED) is 0.520. The van der Waals surface area contributed by atoms with Crippen LogP contribution in [-0.2, 0) is 4.79 Å². The van der Waals surface area contributed by atoms with Crippen LogP contribution in [0.5, 0.6) is 0 Å². The van der Waals surface area contributed by atoms with Crippen LogP contribution in [0.2, 0.25) is 10.0 Å². The second-order valence-corrected chi connectivity index (χ2v) is 9.44. The highest BCUT2D eigenvalue weighted by Crippen LogP contribution is 2.30. The van der Waals surface area contributed by atoms with Crippen LogP contribution < -0.4 is 10.6 Å². The number of aromatic nitrogens is 4. The molecule has 1 amide bonds. The molecule has 0 spiro atoms. The predicted octanol–water partition coefficient (Wildman–Crippen LogP) is 5.06. The van der Waals surface area contributed by atoms with Gasteiger partial charge in [-0.15, -0.1) is 0 Å². The molecule has 172 valence electrons. The Bertz CT molecular complexity index is 1160. The predicted molar refractivity (Wildman–Crippen MR) is 130 cm³/mol. The highest BCUT2D eigenvalue weighted by Gasteiger charge is 2.30. The molecule has 3 heterocycles. The van der Waals surface area contributed by atoms with Crippen LogP contribution in [0.15, 0.2) is 30.7 Å². The van der Waals surface area contributed by atoms with E-state index in [4.69, 9.17) is 23.2 Å². The van der Waals surface area contributed by atoms with Gasteiger partial charge in [-0.3, -0.25) is 4.79 Å². The van der Waals surface area contributed by atoms with Crippen LogP contribution in [0.4, 0.5) is 17.5 Å². The fourth-order valence-electron chi connectivity index (χ4n) is 4.59. The molecule has 1 saturated carbocycles. The molecular weight excluding hydrogens is 461 g/mol. The first-order valence-electron chi connectivity index (χ1n) is 11.3. The molecule has 33 heavy (non-hydrogen) atoms. The van der Waals surface area contributed by atoms with Gasteiger partial charge >= 0.3 is 0 Å². The first kappa shape index (κ1) is 22.1. The van der Waals surface area contributed by atoms with Gasteiger partial charge in [0.1, 0.15) is 17.4 Å². The van der Waals surface area contributed by atoms with Crippen molar-refractivity contribution in [1.82, 2.24) is 24.8 Å². The van der Waals surface area contributed by atoms with Crippen LogP contribution in [0, 0.1) is 5.92 Å². The highest BCUT2D eigenvalue weighted by molar-refractivity contribution is 6.42. The van der Waals surface area contributed by atoms with E-state index in [0.717, 1.165) is 57.3 Å². The van der Waals surface area contributed by atoms with Crippen molar-refractivity contribution in [2.24, 2.45) is 5.92 Å². The Morgan fingerprint density at radius 1 is 1.00 bits per heavy atom. The van der Waals surface area contributed by atoms with Crippen LogP contribution >= 0.6 is 23.2 Å². The van der Waals surface area contributed by atoms with Crippen molar-refractivity contribution in [3.63, 3.8) is 0 Å². The van der Waals surface area contributed by atoms with Gasteiger partial charge in [-0.25, -0.2) is 19.9 Å². The van der Waals surface area contributed by atoms with Crippen molar-refractivity contribution in [3.8, 4) is 0 Å². The number of likely N-dealkylation sites (tertiary alicyclic amines) is 1. The molecule has 1 aromatic carbocycles. The van der Waals surface area contributed by atoms with Crippen molar-refractivity contribution in [2.45, 2.75) is 44.6 Å². The number of carbonyl (C=O) groups excluding carboxylic acids is 1. The van der Waals surface area contributed by atoms with E-state index in [9.17, 15) is 4.79 Å². The molecule has 2 N–H and O–H groups in total. The summed E-state index contributed by atoms with van der Waals surface area (Å²) in [5.74, 6) is 1.57. The molecule has 3 aromatic rings. The molecule has 2 aliphatic rings. The number of amides is 1. The van der Waals surface area contributed by atoms with E-state index in [-0.39, 0.29) is 12.0 Å². The van der Waals surface area contributed by atoms with E-state index in [1.54, 1.807) is 18.3 Å². The van der Waals surface area contributed by atoms with E-state index in [0.29, 0.717) is 38.8 Å². The monoisotopic (exact) mass is 485 g/mol. The molecule has 2 fully saturated rings. The number of nitrogens with one attached hydrogen (secondary N) is 2. The summed E-state index contributed by atoms with van der Waals surface area (Å²) in [4.78, 5) is 32.5. The van der Waals surface area contributed by atoms with E-state index >= 15 is 0 Å². The van der Waals surface area contributed by atoms with Crippen molar-refractivity contribution in [2.75, 3.05) is 23.7 Å². The summed E-state index contributed by atoms with van der Waals surface area (Å²) in [5, 5.41) is 7.62. The Kier molecular flexibility index (Phi) is 6.46. The van der Waals surface area contributed by atoms with E-state index in [1.807, 2.05) is 11.0 Å². The number of halogens is 2. The Balaban J connectivity index is 1.27. The molecule has 0 radical (unpaired) electrons. The van der Waals surface area contributed by atoms with Crippen LogP contribution in [0.25, 0.3) is 11.0 Å². The van der Waals surface area contributed by atoms with Gasteiger partial charge in [0.15, 0.2) is 5.82 Å². The minimum absolute atomic E-state index is 0.147. The third-order valence-corrected chi connectivity index (χ3v) is 7.13. The lowest BCUT2D eigenvalue weighted by atomic mass is 9.85. The first-order chi connectivity index (χ1) is 16.1. The number of fused-ring (bicyclic) bond motifs is 1. The lowest BCUT2D eigenvalue weighted by Crippen LogP contribution is -2.37. The number of carbonyl (C=O) groups is 1. The molecule has 5 rings (SSSR count). The molecule has 1 aliphatic heterocycles. The van der Waals surface area contributed by atoms with Gasteiger partial charge in [-0.2, -0.15) is 0 Å². The zero-order valence-electron chi connectivity index (χ0n) is 18.1. The first-order valence-corrected chi connectivity index (χ1v) is 12.1. The third-order valence-electron chi connectivity index (χ3n) is 6.39. The molecular formula is C23H25Cl2N7O. The van der Waals surface area contributed by atoms with Gasteiger partial charge in [-0.1, -0.05) is 23.2 Å². The summed E-state index contributed by atoms with van der Waals surface area (Å²) in [7, 11) is 0. The Hall–Kier alpha value is -2.71. The zero-order valence-corrected chi connectivity index (χ0v) is 19.6. The summed E-state index contributed by atoms with van der Waals surface area (Å²) < 4.78 is 0. The Morgan fingerprint density at radius 3 is 2.55 bits per heavy atom. The lowest BCUT2D eigenvalue weighted by Gasteiger charge is -2.30. The Labute approximate surface area is 202 Å². The van der Waals surface area contributed by atoms with Crippen molar-refractivity contribution in [3.05, 3.63) is 40.8 Å². The van der Waals surface area contributed by atoms with Crippen molar-refractivity contribution >= 4 is 57.6 Å². The number of hydrogen-bond donors (Lipinski definition) is 2.